The fourth-order valence-corrected chi connectivity index (χ4v) is 4.36. The molecule has 0 unspecified atom stereocenters. The number of fused-ring (bicyclic) bond motifs is 1. The van der Waals surface area contributed by atoms with Crippen LogP contribution in [0, 0.1) is 151 Å². The Bertz CT molecular complexity index is 1280. The van der Waals surface area contributed by atoms with Gasteiger partial charge in [-0.05, 0) is 145 Å². The molecule has 0 atom stereocenters. The Labute approximate surface area is 273 Å². The van der Waals surface area contributed by atoms with E-state index in [1.54, 1.807) is 0 Å². The van der Waals surface area contributed by atoms with Crippen molar-refractivity contribution in [2.75, 3.05) is 0 Å². The fraction of sp³-hybridized carbons (Fsp3) is 0. The van der Waals surface area contributed by atoms with Crippen molar-refractivity contribution < 1.29 is 34.1 Å². The quantitative estimate of drug-likeness (QED) is 0.223. The van der Waals surface area contributed by atoms with E-state index < -0.39 is 0 Å². The molecule has 41 heavy (non-hydrogen) atoms. The summed E-state index contributed by atoms with van der Waals surface area (Å²) in [7, 11) is 0. The Hall–Kier alpha value is -1.58. The Morgan fingerprint density at radius 2 is 0.976 bits per heavy atom. The van der Waals surface area contributed by atoms with Crippen molar-refractivity contribution in [3.8, 4) is 23.7 Å². The van der Waals surface area contributed by atoms with E-state index in [0.717, 1.165) is 33.6 Å². The molecule has 1 aromatic heterocycles. The van der Waals surface area contributed by atoms with Crippen LogP contribution in [0.2, 0.25) is 0 Å². The molecule has 0 bridgehead atoms. The molecule has 7 rings (SSSR count). The number of benzene rings is 2. The second kappa shape index (κ2) is 18.9. The molecule has 2 nitrogen and oxygen atoms in total. The summed E-state index contributed by atoms with van der Waals surface area (Å²) in [5.41, 5.74) is 5.50. The van der Waals surface area contributed by atoms with Gasteiger partial charge in [-0.1, -0.05) is 35.8 Å². The van der Waals surface area contributed by atoms with Crippen LogP contribution in [0.5, 0.6) is 0 Å². The predicted molar refractivity (Wildman–Crippen MR) is 160 cm³/mol. The minimum Gasteiger partial charge on any atom is -0.172 e. The SMILES string of the molecule is C(#Cc1ccc(C#Cc2cccc([C]3[CH][CH][CH][CH]3)c2)c2nsnc12)[C]1[CH][CH][CH][CH]1.[CH]1[CH][CH][CH][CH]1.[CH]1[CH][CH][CH][CH]1.[Fe+2].[Fe+2]. The molecule has 0 amide bonds. The van der Waals surface area contributed by atoms with E-state index in [0.29, 0.717) is 0 Å². The Balaban J connectivity index is 0.000000325. The molecule has 0 spiro atoms. The second-order valence-corrected chi connectivity index (χ2v) is 9.00. The van der Waals surface area contributed by atoms with E-state index in [-0.39, 0.29) is 34.1 Å². The summed E-state index contributed by atoms with van der Waals surface area (Å²) in [6, 6.07) is 12.2. The smallest absolute Gasteiger partial charge is 0.172 e. The molecule has 4 saturated carbocycles. The average Bonchev–Trinajstić information content (AvgIpc) is 3.81. The van der Waals surface area contributed by atoms with E-state index >= 15 is 0 Å². The van der Waals surface area contributed by atoms with E-state index in [4.69, 9.17) is 0 Å². The van der Waals surface area contributed by atoms with Crippen LogP contribution in [-0.4, -0.2) is 8.75 Å². The minimum absolute atomic E-state index is 0. The molecule has 0 saturated heterocycles. The molecule has 5 heteroatoms. The maximum atomic E-state index is 4.46. The summed E-state index contributed by atoms with van der Waals surface area (Å²) in [6.07, 6.45) is 36.2. The maximum absolute atomic E-state index is 4.46. The first kappa shape index (κ1) is 33.9. The van der Waals surface area contributed by atoms with Gasteiger partial charge >= 0.3 is 34.1 Å². The zero-order chi connectivity index (χ0) is 26.5. The van der Waals surface area contributed by atoms with Crippen LogP contribution in [0.4, 0.5) is 0 Å². The Kier molecular flexibility index (Phi) is 15.6. The van der Waals surface area contributed by atoms with Crippen molar-refractivity contribution in [2.24, 2.45) is 0 Å². The molecular weight excluding hydrogens is 604 g/mol. The van der Waals surface area contributed by atoms with Crippen LogP contribution in [0.15, 0.2) is 36.4 Å². The van der Waals surface area contributed by atoms with Crippen molar-refractivity contribution in [1.82, 2.24) is 8.75 Å². The number of aromatic nitrogens is 2. The molecule has 0 N–H and O–H groups in total. The first-order valence-corrected chi connectivity index (χ1v) is 13.3. The van der Waals surface area contributed by atoms with Gasteiger partial charge in [-0.25, -0.2) is 0 Å². The molecule has 4 fully saturated rings. The van der Waals surface area contributed by atoms with E-state index in [1.807, 2.05) is 127 Å². The van der Waals surface area contributed by atoms with Crippen LogP contribution < -0.4 is 0 Å². The fourth-order valence-electron chi connectivity index (χ4n) is 3.79. The maximum Gasteiger partial charge on any atom is 2.00 e. The molecule has 196 valence electrons. The third-order valence-electron chi connectivity index (χ3n) is 5.73. The van der Waals surface area contributed by atoms with E-state index in [1.165, 1.54) is 23.2 Å². The first-order chi connectivity index (χ1) is 19.4. The normalized spacial score (nSPS) is 18.0. The predicted octanol–water partition coefficient (Wildman–Crippen LogP) is 6.64. The minimum atomic E-state index is 0. The summed E-state index contributed by atoms with van der Waals surface area (Å²) in [5, 5.41) is 0. The van der Waals surface area contributed by atoms with Gasteiger partial charge in [0.2, 0.25) is 0 Å². The van der Waals surface area contributed by atoms with Crippen LogP contribution in [0.3, 0.4) is 0 Å². The largest absolute Gasteiger partial charge is 2.00 e. The Morgan fingerprint density at radius 3 is 1.51 bits per heavy atom. The topological polar surface area (TPSA) is 25.8 Å². The molecule has 2 aromatic carbocycles. The average molecular weight is 628 g/mol. The molecule has 0 aliphatic heterocycles. The van der Waals surface area contributed by atoms with Gasteiger partial charge in [0, 0.05) is 11.5 Å². The number of rotatable bonds is 1. The third-order valence-corrected chi connectivity index (χ3v) is 6.26. The second-order valence-electron chi connectivity index (χ2n) is 8.47. The first-order valence-electron chi connectivity index (χ1n) is 12.5. The van der Waals surface area contributed by atoms with Crippen LogP contribution in [0.1, 0.15) is 22.3 Å². The summed E-state index contributed by atoms with van der Waals surface area (Å²) in [4.78, 5) is 0. The molecule has 4 aliphatic rings. The number of hydrogen-bond donors (Lipinski definition) is 0. The molecule has 1 heterocycles. The van der Waals surface area contributed by atoms with Gasteiger partial charge < -0.3 is 0 Å². The van der Waals surface area contributed by atoms with Gasteiger partial charge in [0.05, 0.1) is 28.8 Å². The zero-order valence-corrected chi connectivity index (χ0v) is 24.9. The molecule has 4 aliphatic carbocycles. The third kappa shape index (κ3) is 10.6. The van der Waals surface area contributed by atoms with Crippen molar-refractivity contribution in [3.05, 3.63) is 186 Å². The van der Waals surface area contributed by atoms with Crippen LogP contribution in [-0.2, 0) is 34.1 Å². The van der Waals surface area contributed by atoms with Crippen molar-refractivity contribution in [2.45, 2.75) is 0 Å². The summed E-state index contributed by atoms with van der Waals surface area (Å²) >= 11 is 1.19. The number of nitrogens with zero attached hydrogens (tertiary/aromatic N) is 2. The molecule has 20 radical (unpaired) electrons. The van der Waals surface area contributed by atoms with Crippen molar-refractivity contribution in [3.63, 3.8) is 0 Å². The van der Waals surface area contributed by atoms with Gasteiger partial charge in [0.15, 0.2) is 0 Å². The zero-order valence-electron chi connectivity index (χ0n) is 21.9. The van der Waals surface area contributed by atoms with Gasteiger partial charge in [-0.3, -0.25) is 0 Å². The monoisotopic (exact) mass is 628 g/mol. The summed E-state index contributed by atoms with van der Waals surface area (Å²) in [5.74, 6) is 15.1. The number of hydrogen-bond acceptors (Lipinski definition) is 3. The molecule has 3 aromatic rings. The van der Waals surface area contributed by atoms with Gasteiger partial charge in [-0.15, -0.1) is 0 Å². The van der Waals surface area contributed by atoms with Gasteiger partial charge in [0.1, 0.15) is 11.0 Å². The van der Waals surface area contributed by atoms with Gasteiger partial charge in [-0.2, -0.15) is 8.75 Å². The molecular formula is C36H24Fe2N2S+4. The summed E-state index contributed by atoms with van der Waals surface area (Å²) in [6.45, 7) is 0. The standard InChI is InChI=1S/C26H14N2S.2C5H5.2Fe/c1-2-7-19(6-1)12-14-22-16-17-23(26-25(22)27-29-28-26)15-13-20-8-5-11-24(18-20)21-9-3-4-10-21;2*1-2-4-5-3-1;;/h1-11,16-18H;2*1-5H;;/q;;;2*+2. The van der Waals surface area contributed by atoms with Crippen molar-refractivity contribution in [1.29, 1.82) is 0 Å². The Morgan fingerprint density at radius 1 is 0.488 bits per heavy atom. The van der Waals surface area contributed by atoms with Crippen LogP contribution in [0.25, 0.3) is 11.0 Å². The van der Waals surface area contributed by atoms with Gasteiger partial charge in [0.25, 0.3) is 0 Å². The van der Waals surface area contributed by atoms with Crippen molar-refractivity contribution >= 4 is 22.8 Å². The van der Waals surface area contributed by atoms with E-state index in [9.17, 15) is 0 Å². The van der Waals surface area contributed by atoms with Crippen LogP contribution >= 0.6 is 11.7 Å². The van der Waals surface area contributed by atoms with E-state index in [2.05, 4.69) is 57.4 Å². The summed E-state index contributed by atoms with van der Waals surface area (Å²) < 4.78 is 8.90.